The Morgan fingerprint density at radius 2 is 2.04 bits per heavy atom. The Labute approximate surface area is 160 Å². The standard InChI is InChI=1S/C19H28N2O5S/c1-14-13-16-18(26-19(5-6-19)7-12-27(16,22)23)20-17(14)25-11-10-21-8-3-15(24-2)4-9-21/h13,15H,3-12H2,1-2H3. The third kappa shape index (κ3) is 4.07. The lowest BCUT2D eigenvalue weighted by Crippen LogP contribution is -2.38. The molecule has 1 saturated carbocycles. The van der Waals surface area contributed by atoms with Crippen LogP contribution in [-0.4, -0.2) is 69.1 Å². The Morgan fingerprint density at radius 1 is 1.30 bits per heavy atom. The van der Waals surface area contributed by atoms with Crippen LogP contribution in [0.1, 0.15) is 37.7 Å². The second kappa shape index (κ2) is 7.22. The van der Waals surface area contributed by atoms with Gasteiger partial charge in [-0.15, -0.1) is 0 Å². The average Bonchev–Trinajstić information content (AvgIpc) is 3.43. The van der Waals surface area contributed by atoms with Crippen molar-refractivity contribution in [2.24, 2.45) is 0 Å². The topological polar surface area (TPSA) is 78.0 Å². The van der Waals surface area contributed by atoms with Gasteiger partial charge >= 0.3 is 0 Å². The number of likely N-dealkylation sites (tertiary alicyclic amines) is 1. The third-order valence-corrected chi connectivity index (χ3v) is 7.60. The Hall–Kier alpha value is -1.38. The van der Waals surface area contributed by atoms with Crippen molar-refractivity contribution in [3.63, 3.8) is 0 Å². The summed E-state index contributed by atoms with van der Waals surface area (Å²) < 4.78 is 42.4. The first kappa shape index (κ1) is 19.0. The van der Waals surface area contributed by atoms with Gasteiger partial charge in [-0.05, 0) is 38.7 Å². The molecule has 1 aromatic rings. The summed E-state index contributed by atoms with van der Waals surface area (Å²) in [5, 5.41) is 0. The van der Waals surface area contributed by atoms with Crippen molar-refractivity contribution < 1.29 is 22.6 Å². The van der Waals surface area contributed by atoms with Crippen LogP contribution in [-0.2, 0) is 14.6 Å². The second-order valence-electron chi connectivity index (χ2n) is 7.89. The molecular weight excluding hydrogens is 368 g/mol. The Kier molecular flexibility index (Phi) is 5.07. The zero-order valence-electron chi connectivity index (χ0n) is 16.1. The number of fused-ring (bicyclic) bond motifs is 1. The van der Waals surface area contributed by atoms with E-state index in [9.17, 15) is 8.42 Å². The second-order valence-corrected chi connectivity index (χ2v) is 9.97. The number of hydrogen-bond donors (Lipinski definition) is 0. The van der Waals surface area contributed by atoms with Crippen molar-refractivity contribution in [2.45, 2.75) is 55.6 Å². The highest BCUT2D eigenvalue weighted by molar-refractivity contribution is 7.91. The van der Waals surface area contributed by atoms with Gasteiger partial charge in [0.1, 0.15) is 17.1 Å². The zero-order valence-corrected chi connectivity index (χ0v) is 16.9. The van der Waals surface area contributed by atoms with Gasteiger partial charge in [-0.25, -0.2) is 8.42 Å². The lowest BCUT2D eigenvalue weighted by atomic mass is 10.1. The highest BCUT2D eigenvalue weighted by atomic mass is 32.2. The van der Waals surface area contributed by atoms with Crippen molar-refractivity contribution in [3.8, 4) is 11.8 Å². The molecule has 1 spiro atoms. The summed E-state index contributed by atoms with van der Waals surface area (Å²) in [7, 11) is -1.59. The van der Waals surface area contributed by atoms with E-state index in [2.05, 4.69) is 9.88 Å². The van der Waals surface area contributed by atoms with Gasteiger partial charge in [-0.3, -0.25) is 4.90 Å². The van der Waals surface area contributed by atoms with Crippen molar-refractivity contribution in [1.82, 2.24) is 9.88 Å². The van der Waals surface area contributed by atoms with E-state index >= 15 is 0 Å². The van der Waals surface area contributed by atoms with Crippen LogP contribution >= 0.6 is 0 Å². The number of piperidine rings is 1. The molecule has 0 N–H and O–H groups in total. The van der Waals surface area contributed by atoms with E-state index in [1.807, 2.05) is 6.92 Å². The average molecular weight is 397 g/mol. The predicted molar refractivity (Wildman–Crippen MR) is 100 cm³/mol. The molecule has 2 fully saturated rings. The molecule has 27 heavy (non-hydrogen) atoms. The van der Waals surface area contributed by atoms with Crippen LogP contribution in [0.5, 0.6) is 11.8 Å². The van der Waals surface area contributed by atoms with Gasteiger partial charge in [-0.2, -0.15) is 4.98 Å². The van der Waals surface area contributed by atoms with Crippen LogP contribution in [0.15, 0.2) is 11.0 Å². The van der Waals surface area contributed by atoms with E-state index in [1.165, 1.54) is 0 Å². The van der Waals surface area contributed by atoms with Crippen LogP contribution in [0.3, 0.4) is 0 Å². The first-order valence-electron chi connectivity index (χ1n) is 9.72. The minimum Gasteiger partial charge on any atom is -0.476 e. The lowest BCUT2D eigenvalue weighted by Gasteiger charge is -2.30. The molecule has 0 radical (unpaired) electrons. The molecular formula is C19H28N2O5S. The fraction of sp³-hybridized carbons (Fsp3) is 0.737. The SMILES string of the molecule is COC1CCN(CCOc2nc3c(cc2C)S(=O)(=O)CCC2(CC2)O3)CC1. The quantitative estimate of drug-likeness (QED) is 0.753. The fourth-order valence-electron chi connectivity index (χ4n) is 3.82. The minimum absolute atomic E-state index is 0.124. The summed E-state index contributed by atoms with van der Waals surface area (Å²) in [5.74, 6) is 0.804. The largest absolute Gasteiger partial charge is 0.476 e. The Morgan fingerprint density at radius 3 is 2.70 bits per heavy atom. The number of methoxy groups -OCH3 is 1. The first-order valence-corrected chi connectivity index (χ1v) is 11.4. The molecule has 1 aromatic heterocycles. The number of sulfone groups is 1. The van der Waals surface area contributed by atoms with Gasteiger partial charge in [0.05, 0.1) is 11.9 Å². The summed E-state index contributed by atoms with van der Waals surface area (Å²) in [4.78, 5) is 7.01. The third-order valence-electron chi connectivity index (χ3n) is 5.90. The van der Waals surface area contributed by atoms with Crippen LogP contribution in [0.4, 0.5) is 0 Å². The van der Waals surface area contributed by atoms with E-state index in [1.54, 1.807) is 13.2 Å². The van der Waals surface area contributed by atoms with Gasteiger partial charge in [0.25, 0.3) is 0 Å². The summed E-state index contributed by atoms with van der Waals surface area (Å²) in [6.45, 7) is 5.17. The molecule has 0 bridgehead atoms. The fourth-order valence-corrected chi connectivity index (χ4v) is 5.39. The van der Waals surface area contributed by atoms with Crippen LogP contribution in [0.2, 0.25) is 0 Å². The highest BCUT2D eigenvalue weighted by Gasteiger charge is 2.49. The number of aryl methyl sites for hydroxylation is 1. The number of aromatic nitrogens is 1. The lowest BCUT2D eigenvalue weighted by molar-refractivity contribution is 0.0372. The van der Waals surface area contributed by atoms with E-state index in [0.29, 0.717) is 25.0 Å². The van der Waals surface area contributed by atoms with Crippen molar-refractivity contribution in [3.05, 3.63) is 11.6 Å². The van der Waals surface area contributed by atoms with Gasteiger partial charge in [-0.1, -0.05) is 0 Å². The molecule has 8 heteroatoms. The molecule has 4 rings (SSSR count). The van der Waals surface area contributed by atoms with Gasteiger partial charge in [0, 0.05) is 38.7 Å². The highest BCUT2D eigenvalue weighted by Crippen LogP contribution is 2.47. The van der Waals surface area contributed by atoms with E-state index in [0.717, 1.165) is 50.9 Å². The number of rotatable bonds is 5. The smallest absolute Gasteiger partial charge is 0.236 e. The van der Waals surface area contributed by atoms with E-state index < -0.39 is 9.84 Å². The molecule has 0 amide bonds. The normalized spacial score (nSPS) is 24.1. The number of hydrogen-bond acceptors (Lipinski definition) is 7. The maximum Gasteiger partial charge on any atom is 0.236 e. The van der Waals surface area contributed by atoms with Crippen LogP contribution in [0, 0.1) is 6.92 Å². The van der Waals surface area contributed by atoms with Gasteiger partial charge in [0.2, 0.25) is 11.8 Å². The predicted octanol–water partition coefficient (Wildman–Crippen LogP) is 1.97. The van der Waals surface area contributed by atoms with Crippen LogP contribution in [0.25, 0.3) is 0 Å². The van der Waals surface area contributed by atoms with Crippen molar-refractivity contribution in [1.29, 1.82) is 0 Å². The Bertz CT molecular complexity index is 799. The summed E-state index contributed by atoms with van der Waals surface area (Å²) in [6, 6.07) is 1.65. The molecule has 1 aliphatic carbocycles. The number of nitrogens with zero attached hydrogens (tertiary/aromatic N) is 2. The van der Waals surface area contributed by atoms with Gasteiger partial charge in [0.15, 0.2) is 9.84 Å². The van der Waals surface area contributed by atoms with E-state index in [4.69, 9.17) is 14.2 Å². The van der Waals surface area contributed by atoms with Crippen molar-refractivity contribution >= 4 is 9.84 Å². The molecule has 3 heterocycles. The summed E-state index contributed by atoms with van der Waals surface area (Å²) >= 11 is 0. The van der Waals surface area contributed by atoms with Crippen LogP contribution < -0.4 is 9.47 Å². The maximum atomic E-state index is 12.6. The minimum atomic E-state index is -3.36. The molecule has 1 saturated heterocycles. The zero-order chi connectivity index (χ0) is 19.1. The monoisotopic (exact) mass is 396 g/mol. The van der Waals surface area contributed by atoms with E-state index in [-0.39, 0.29) is 22.1 Å². The Balaban J connectivity index is 1.43. The maximum absolute atomic E-state index is 12.6. The first-order chi connectivity index (χ1) is 12.9. The molecule has 150 valence electrons. The number of pyridine rings is 1. The molecule has 3 aliphatic rings. The van der Waals surface area contributed by atoms with Gasteiger partial charge < -0.3 is 14.2 Å². The number of ether oxygens (including phenoxy) is 3. The van der Waals surface area contributed by atoms with Crippen molar-refractivity contribution in [2.75, 3.05) is 39.1 Å². The molecule has 7 nitrogen and oxygen atoms in total. The summed E-state index contributed by atoms with van der Waals surface area (Å²) in [5.41, 5.74) is 0.398. The molecule has 0 atom stereocenters. The summed E-state index contributed by atoms with van der Waals surface area (Å²) in [6.07, 6.45) is 4.78. The molecule has 0 unspecified atom stereocenters. The molecule has 2 aliphatic heterocycles. The molecule has 0 aromatic carbocycles.